The molecule has 0 bridgehead atoms. The smallest absolute Gasteiger partial charge is 0.339 e. The van der Waals surface area contributed by atoms with Crippen molar-refractivity contribution in [2.24, 2.45) is 0 Å². The van der Waals surface area contributed by atoms with Crippen LogP contribution >= 0.6 is 0 Å². The number of nitrogens with zero attached hydrogens (tertiary/aromatic N) is 1. The quantitative estimate of drug-likeness (QED) is 0.611. The van der Waals surface area contributed by atoms with Crippen molar-refractivity contribution in [1.29, 1.82) is 0 Å². The minimum atomic E-state index is -0.510. The lowest BCUT2D eigenvalue weighted by molar-refractivity contribution is 0.0526. The topological polar surface area (TPSA) is 79.7 Å². The number of carbonyl (C=O) groups excluding carboxylic acids is 1. The van der Waals surface area contributed by atoms with Crippen LogP contribution in [0.4, 0.5) is 0 Å². The van der Waals surface area contributed by atoms with Crippen molar-refractivity contribution in [2.75, 3.05) is 6.61 Å². The van der Waals surface area contributed by atoms with Gasteiger partial charge < -0.3 is 14.9 Å². The van der Waals surface area contributed by atoms with Gasteiger partial charge >= 0.3 is 5.97 Å². The molecule has 2 aromatic rings. The van der Waals surface area contributed by atoms with E-state index in [-0.39, 0.29) is 29.2 Å². The summed E-state index contributed by atoms with van der Waals surface area (Å²) < 4.78 is 4.82. The Hall–Kier alpha value is -2.30. The Morgan fingerprint density at radius 3 is 2.76 bits per heavy atom. The van der Waals surface area contributed by atoms with Crippen LogP contribution in [0.3, 0.4) is 0 Å². The Balaban J connectivity index is 2.57. The summed E-state index contributed by atoms with van der Waals surface area (Å²) in [7, 11) is 0. The van der Waals surface area contributed by atoms with E-state index in [4.69, 9.17) is 4.74 Å². The fourth-order valence-corrected chi connectivity index (χ4v) is 1.52. The highest BCUT2D eigenvalue weighted by molar-refractivity contribution is 5.97. The van der Waals surface area contributed by atoms with E-state index in [1.165, 1.54) is 24.4 Å². The number of ether oxygens (including phenoxy) is 1. The number of aromatic nitrogens is 1. The number of carbonyl (C=O) groups is 1. The number of rotatable bonds is 2. The van der Waals surface area contributed by atoms with Crippen molar-refractivity contribution < 1.29 is 19.7 Å². The number of aromatic hydroxyl groups is 2. The predicted octanol–water partition coefficient (Wildman–Crippen LogP) is 1.82. The van der Waals surface area contributed by atoms with Crippen LogP contribution in [-0.2, 0) is 4.74 Å². The number of hydrogen-bond donors (Lipinski definition) is 2. The van der Waals surface area contributed by atoms with Gasteiger partial charge in [-0.25, -0.2) is 4.79 Å². The van der Waals surface area contributed by atoms with Crippen molar-refractivity contribution in [3.8, 4) is 11.5 Å². The van der Waals surface area contributed by atoms with Crippen LogP contribution in [0, 0.1) is 0 Å². The third-order valence-corrected chi connectivity index (χ3v) is 2.32. The molecule has 88 valence electrons. The van der Waals surface area contributed by atoms with Gasteiger partial charge in [-0.1, -0.05) is 0 Å². The molecule has 1 heterocycles. The molecule has 0 atom stereocenters. The molecule has 0 saturated heterocycles. The Labute approximate surface area is 97.3 Å². The number of phenols is 2. The van der Waals surface area contributed by atoms with E-state index in [1.807, 2.05) is 0 Å². The molecular weight excluding hydrogens is 222 g/mol. The fraction of sp³-hybridized carbons (Fsp3) is 0.167. The van der Waals surface area contributed by atoms with Gasteiger partial charge in [-0.15, -0.1) is 0 Å². The van der Waals surface area contributed by atoms with Gasteiger partial charge in [0.1, 0.15) is 17.0 Å². The summed E-state index contributed by atoms with van der Waals surface area (Å²) in [4.78, 5) is 15.4. The first-order valence-electron chi connectivity index (χ1n) is 5.11. The summed E-state index contributed by atoms with van der Waals surface area (Å²) >= 11 is 0. The molecule has 0 fully saturated rings. The maximum atomic E-state index is 11.5. The van der Waals surface area contributed by atoms with E-state index in [9.17, 15) is 15.0 Å². The first-order chi connectivity index (χ1) is 8.13. The van der Waals surface area contributed by atoms with Gasteiger partial charge in [0.05, 0.1) is 12.2 Å². The summed E-state index contributed by atoms with van der Waals surface area (Å²) in [5.74, 6) is -0.602. The lowest BCUT2D eigenvalue weighted by atomic mass is 10.1. The van der Waals surface area contributed by atoms with Gasteiger partial charge in [-0.3, -0.25) is 4.98 Å². The molecule has 0 aliphatic carbocycles. The van der Waals surface area contributed by atoms with Crippen LogP contribution in [-0.4, -0.2) is 27.8 Å². The van der Waals surface area contributed by atoms with E-state index in [0.29, 0.717) is 5.39 Å². The highest BCUT2D eigenvalue weighted by atomic mass is 16.5. The lowest BCUT2D eigenvalue weighted by Crippen LogP contribution is -2.04. The molecule has 2 N–H and O–H groups in total. The maximum Gasteiger partial charge on any atom is 0.339 e. The normalized spacial score (nSPS) is 10.4. The average Bonchev–Trinajstić information content (AvgIpc) is 2.34. The van der Waals surface area contributed by atoms with Crippen molar-refractivity contribution in [1.82, 2.24) is 4.98 Å². The molecule has 5 nitrogen and oxygen atoms in total. The molecule has 2 rings (SSSR count). The third-order valence-electron chi connectivity index (χ3n) is 2.32. The Morgan fingerprint density at radius 1 is 1.35 bits per heavy atom. The lowest BCUT2D eigenvalue weighted by Gasteiger charge is -2.05. The van der Waals surface area contributed by atoms with Crippen LogP contribution in [0.15, 0.2) is 24.4 Å². The van der Waals surface area contributed by atoms with Gasteiger partial charge in [-0.05, 0) is 25.1 Å². The summed E-state index contributed by atoms with van der Waals surface area (Å²) in [6.45, 7) is 1.97. The molecule has 17 heavy (non-hydrogen) atoms. The zero-order valence-electron chi connectivity index (χ0n) is 9.17. The molecule has 0 saturated carbocycles. The van der Waals surface area contributed by atoms with Crippen molar-refractivity contribution >= 4 is 16.9 Å². The first-order valence-corrected chi connectivity index (χ1v) is 5.11. The Morgan fingerprint density at radius 2 is 2.06 bits per heavy atom. The monoisotopic (exact) mass is 233 g/mol. The molecule has 0 unspecified atom stereocenters. The standard InChI is InChI=1S/C12H11NO4/c1-2-17-12(16)7-5-8-9(14)3-4-10(15)11(8)13-6-7/h3-6,14-15H,2H2,1H3. The summed E-state index contributed by atoms with van der Waals surface area (Å²) in [5.41, 5.74) is 0.485. The molecule has 0 spiro atoms. The van der Waals surface area contributed by atoms with E-state index in [1.54, 1.807) is 6.92 Å². The summed E-state index contributed by atoms with van der Waals surface area (Å²) in [6.07, 6.45) is 1.31. The second kappa shape index (κ2) is 4.29. The molecule has 0 radical (unpaired) electrons. The van der Waals surface area contributed by atoms with E-state index in [0.717, 1.165) is 0 Å². The van der Waals surface area contributed by atoms with Gasteiger partial charge in [0.25, 0.3) is 0 Å². The Kier molecular flexibility index (Phi) is 2.82. The molecule has 0 amide bonds. The van der Waals surface area contributed by atoms with E-state index >= 15 is 0 Å². The van der Waals surface area contributed by atoms with Crippen LogP contribution < -0.4 is 0 Å². The summed E-state index contributed by atoms with van der Waals surface area (Å²) in [5, 5.41) is 19.5. The number of pyridine rings is 1. The number of hydrogen-bond acceptors (Lipinski definition) is 5. The van der Waals surface area contributed by atoms with Crippen molar-refractivity contribution in [2.45, 2.75) is 6.92 Å². The number of benzene rings is 1. The Bertz CT molecular complexity index is 580. The molecule has 0 aliphatic heterocycles. The third kappa shape index (κ3) is 1.99. The second-order valence-electron chi connectivity index (χ2n) is 3.44. The fourth-order valence-electron chi connectivity index (χ4n) is 1.52. The van der Waals surface area contributed by atoms with Crippen LogP contribution in [0.25, 0.3) is 10.9 Å². The predicted molar refractivity (Wildman–Crippen MR) is 61.0 cm³/mol. The molecule has 1 aromatic carbocycles. The number of phenolic OH excluding ortho intramolecular Hbond substituents is 2. The molecule has 0 aliphatic rings. The van der Waals surface area contributed by atoms with Crippen LogP contribution in [0.2, 0.25) is 0 Å². The summed E-state index contributed by atoms with van der Waals surface area (Å²) in [6, 6.07) is 4.12. The van der Waals surface area contributed by atoms with Crippen LogP contribution in [0.5, 0.6) is 11.5 Å². The minimum Gasteiger partial charge on any atom is -0.507 e. The van der Waals surface area contributed by atoms with Gasteiger partial charge in [0.15, 0.2) is 0 Å². The molecule has 1 aromatic heterocycles. The zero-order chi connectivity index (χ0) is 12.4. The second-order valence-corrected chi connectivity index (χ2v) is 3.44. The minimum absolute atomic E-state index is 0.0450. The van der Waals surface area contributed by atoms with Gasteiger partial charge in [-0.2, -0.15) is 0 Å². The highest BCUT2D eigenvalue weighted by Gasteiger charge is 2.11. The van der Waals surface area contributed by atoms with Crippen molar-refractivity contribution in [3.63, 3.8) is 0 Å². The molecular formula is C12H11NO4. The molecule has 5 heteroatoms. The van der Waals surface area contributed by atoms with Gasteiger partial charge in [0, 0.05) is 11.6 Å². The van der Waals surface area contributed by atoms with Crippen LogP contribution in [0.1, 0.15) is 17.3 Å². The van der Waals surface area contributed by atoms with Gasteiger partial charge in [0.2, 0.25) is 0 Å². The largest absolute Gasteiger partial charge is 0.507 e. The number of fused-ring (bicyclic) bond motifs is 1. The highest BCUT2D eigenvalue weighted by Crippen LogP contribution is 2.30. The average molecular weight is 233 g/mol. The van der Waals surface area contributed by atoms with Crippen molar-refractivity contribution in [3.05, 3.63) is 30.0 Å². The zero-order valence-corrected chi connectivity index (χ0v) is 9.17. The maximum absolute atomic E-state index is 11.5. The first kappa shape index (κ1) is 11.2. The van der Waals surface area contributed by atoms with E-state index in [2.05, 4.69) is 4.98 Å². The SMILES string of the molecule is CCOC(=O)c1cnc2c(O)ccc(O)c2c1. The number of esters is 1. The van der Waals surface area contributed by atoms with E-state index < -0.39 is 5.97 Å².